The van der Waals surface area contributed by atoms with Crippen LogP contribution in [0.3, 0.4) is 0 Å². The summed E-state index contributed by atoms with van der Waals surface area (Å²) in [6, 6.07) is 2.05. The topological polar surface area (TPSA) is 51.5 Å². The molecule has 1 aliphatic rings. The average molecular weight is 235 g/mol. The lowest BCUT2D eigenvalue weighted by atomic mass is 10.1. The number of cyclic esters (lactones) is 1. The second-order valence-electron chi connectivity index (χ2n) is 4.48. The Morgan fingerprint density at radius 1 is 1.41 bits per heavy atom. The minimum Gasteiger partial charge on any atom is -0.467 e. The first-order valence-electron chi connectivity index (χ1n) is 5.87. The van der Waals surface area contributed by atoms with E-state index in [-0.39, 0.29) is 12.0 Å². The van der Waals surface area contributed by atoms with Crippen molar-refractivity contribution in [2.75, 3.05) is 0 Å². The van der Waals surface area contributed by atoms with Gasteiger partial charge in [0.25, 0.3) is 0 Å². The fraction of sp³-hybridized carbons (Fsp3) is 0.462. The summed E-state index contributed by atoms with van der Waals surface area (Å²) in [5, 5.41) is 3.11. The van der Waals surface area contributed by atoms with Gasteiger partial charge in [-0.3, -0.25) is 0 Å². The van der Waals surface area contributed by atoms with E-state index < -0.39 is 0 Å². The highest BCUT2D eigenvalue weighted by molar-refractivity contribution is 5.92. The summed E-state index contributed by atoms with van der Waals surface area (Å²) in [7, 11) is 0. The normalized spacial score (nSPS) is 16.2. The van der Waals surface area contributed by atoms with Crippen molar-refractivity contribution >= 4 is 5.97 Å². The Morgan fingerprint density at radius 2 is 2.18 bits per heavy atom. The summed E-state index contributed by atoms with van der Waals surface area (Å²) in [4.78, 5) is 11.0. The molecule has 1 aliphatic heterocycles. The van der Waals surface area contributed by atoms with Gasteiger partial charge in [0.1, 0.15) is 12.0 Å². The van der Waals surface area contributed by atoms with E-state index in [0.717, 1.165) is 12.2 Å². The zero-order valence-electron chi connectivity index (χ0n) is 10.3. The SMILES string of the molecule is CC[C@@H](NC1=COC1=O)c1cc(C(C)C)co1. The van der Waals surface area contributed by atoms with E-state index in [2.05, 4.69) is 23.9 Å². The largest absolute Gasteiger partial charge is 0.467 e. The second kappa shape index (κ2) is 4.65. The third kappa shape index (κ3) is 2.35. The summed E-state index contributed by atoms with van der Waals surface area (Å²) in [6.45, 7) is 6.28. The second-order valence-corrected chi connectivity index (χ2v) is 4.48. The first-order valence-corrected chi connectivity index (χ1v) is 5.87. The maximum Gasteiger partial charge on any atom is 0.362 e. The molecule has 0 unspecified atom stereocenters. The first-order chi connectivity index (χ1) is 8.11. The van der Waals surface area contributed by atoms with Crippen LogP contribution in [0, 0.1) is 0 Å². The smallest absolute Gasteiger partial charge is 0.362 e. The molecule has 4 nitrogen and oxygen atoms in total. The van der Waals surface area contributed by atoms with Gasteiger partial charge in [-0.05, 0) is 24.0 Å². The molecule has 2 rings (SSSR count). The number of ether oxygens (including phenoxy) is 1. The molecule has 92 valence electrons. The Hall–Kier alpha value is -1.71. The lowest BCUT2D eigenvalue weighted by Crippen LogP contribution is -2.30. The van der Waals surface area contributed by atoms with Crippen LogP contribution in [-0.4, -0.2) is 5.97 Å². The van der Waals surface area contributed by atoms with E-state index in [1.165, 1.54) is 11.8 Å². The van der Waals surface area contributed by atoms with Crippen LogP contribution in [0.4, 0.5) is 0 Å². The molecule has 0 spiro atoms. The molecule has 4 heteroatoms. The number of furan rings is 1. The Labute approximate surface area is 101 Å². The molecule has 0 aromatic carbocycles. The lowest BCUT2D eigenvalue weighted by molar-refractivity contribution is -0.139. The quantitative estimate of drug-likeness (QED) is 0.797. The zero-order valence-corrected chi connectivity index (χ0v) is 10.3. The van der Waals surface area contributed by atoms with E-state index in [4.69, 9.17) is 4.42 Å². The van der Waals surface area contributed by atoms with E-state index in [1.54, 1.807) is 6.26 Å². The average Bonchev–Trinajstić information content (AvgIpc) is 2.77. The van der Waals surface area contributed by atoms with Gasteiger partial charge in [-0.25, -0.2) is 4.79 Å². The molecule has 1 atom stereocenters. The summed E-state index contributed by atoms with van der Waals surface area (Å²) < 4.78 is 10.1. The highest BCUT2D eigenvalue weighted by Crippen LogP contribution is 2.25. The number of carbonyl (C=O) groups excluding carboxylic acids is 1. The summed E-state index contributed by atoms with van der Waals surface area (Å²) in [5.74, 6) is 0.994. The van der Waals surface area contributed by atoms with Crippen molar-refractivity contribution < 1.29 is 13.9 Å². The summed E-state index contributed by atoms with van der Waals surface area (Å²) in [5.41, 5.74) is 1.68. The van der Waals surface area contributed by atoms with Crippen LogP contribution in [0.15, 0.2) is 28.7 Å². The highest BCUT2D eigenvalue weighted by atomic mass is 16.5. The van der Waals surface area contributed by atoms with Crippen molar-refractivity contribution in [1.82, 2.24) is 5.32 Å². The van der Waals surface area contributed by atoms with Gasteiger partial charge in [-0.15, -0.1) is 0 Å². The van der Waals surface area contributed by atoms with Crippen molar-refractivity contribution in [2.45, 2.75) is 39.2 Å². The molecule has 0 saturated carbocycles. The van der Waals surface area contributed by atoms with Gasteiger partial charge in [-0.1, -0.05) is 20.8 Å². The summed E-state index contributed by atoms with van der Waals surface area (Å²) in [6.07, 6.45) is 4.05. The molecule has 0 radical (unpaired) electrons. The van der Waals surface area contributed by atoms with Gasteiger partial charge in [-0.2, -0.15) is 0 Å². The van der Waals surface area contributed by atoms with Crippen LogP contribution in [0.25, 0.3) is 0 Å². The molecule has 17 heavy (non-hydrogen) atoms. The predicted molar refractivity (Wildman–Crippen MR) is 63.1 cm³/mol. The Kier molecular flexibility index (Phi) is 3.22. The highest BCUT2D eigenvalue weighted by Gasteiger charge is 2.24. The van der Waals surface area contributed by atoms with Crippen LogP contribution in [0.5, 0.6) is 0 Å². The molecule has 2 heterocycles. The molecule has 1 aromatic heterocycles. The minimum atomic E-state index is -0.306. The van der Waals surface area contributed by atoms with Gasteiger partial charge in [0.2, 0.25) is 0 Å². The third-order valence-corrected chi connectivity index (χ3v) is 2.89. The maximum atomic E-state index is 11.0. The number of carbonyl (C=O) groups is 1. The van der Waals surface area contributed by atoms with E-state index in [9.17, 15) is 4.79 Å². The molecule has 0 fully saturated rings. The van der Waals surface area contributed by atoms with Crippen molar-refractivity contribution in [3.8, 4) is 0 Å². The molecular formula is C13H17NO3. The van der Waals surface area contributed by atoms with Gasteiger partial charge in [0, 0.05) is 0 Å². The van der Waals surface area contributed by atoms with Crippen LogP contribution in [0.1, 0.15) is 50.5 Å². The number of esters is 1. The minimum absolute atomic E-state index is 0.0154. The molecule has 1 aromatic rings. The molecule has 0 saturated heterocycles. The van der Waals surface area contributed by atoms with Crippen LogP contribution < -0.4 is 5.32 Å². The number of nitrogens with one attached hydrogen (secondary N) is 1. The van der Waals surface area contributed by atoms with Crippen LogP contribution in [-0.2, 0) is 9.53 Å². The van der Waals surface area contributed by atoms with Crippen molar-refractivity contribution in [2.24, 2.45) is 0 Å². The third-order valence-electron chi connectivity index (χ3n) is 2.89. The Balaban J connectivity index is 2.09. The van der Waals surface area contributed by atoms with Gasteiger partial charge >= 0.3 is 5.97 Å². The first kappa shape index (κ1) is 11.8. The molecular weight excluding hydrogens is 218 g/mol. The van der Waals surface area contributed by atoms with Gasteiger partial charge in [0.05, 0.1) is 12.3 Å². The van der Waals surface area contributed by atoms with Gasteiger partial charge in [0.15, 0.2) is 5.70 Å². The molecule has 1 N–H and O–H groups in total. The van der Waals surface area contributed by atoms with Crippen LogP contribution >= 0.6 is 0 Å². The predicted octanol–water partition coefficient (Wildman–Crippen LogP) is 2.84. The molecule has 0 bridgehead atoms. The zero-order chi connectivity index (χ0) is 12.4. The van der Waals surface area contributed by atoms with Crippen molar-refractivity contribution in [3.63, 3.8) is 0 Å². The van der Waals surface area contributed by atoms with Crippen molar-refractivity contribution in [3.05, 3.63) is 35.6 Å². The lowest BCUT2D eigenvalue weighted by Gasteiger charge is -2.20. The standard InChI is InChI=1S/C13H17NO3/c1-4-10(14-11-7-17-13(11)15)12-5-9(6-16-12)8(2)3/h5-8,10,14H,4H2,1-3H3/t10-/m1/s1. The van der Waals surface area contributed by atoms with Gasteiger partial charge < -0.3 is 14.5 Å². The monoisotopic (exact) mass is 235 g/mol. The van der Waals surface area contributed by atoms with E-state index in [1.807, 2.05) is 13.0 Å². The number of rotatable bonds is 5. The van der Waals surface area contributed by atoms with E-state index >= 15 is 0 Å². The fourth-order valence-corrected chi connectivity index (χ4v) is 1.67. The molecule has 0 aliphatic carbocycles. The Morgan fingerprint density at radius 3 is 2.59 bits per heavy atom. The summed E-state index contributed by atoms with van der Waals surface area (Å²) >= 11 is 0. The Bertz CT molecular complexity index is 445. The number of hydrogen-bond acceptors (Lipinski definition) is 4. The molecule has 0 amide bonds. The van der Waals surface area contributed by atoms with Crippen LogP contribution in [0.2, 0.25) is 0 Å². The fourth-order valence-electron chi connectivity index (χ4n) is 1.67. The maximum absolute atomic E-state index is 11.0. The number of hydrogen-bond donors (Lipinski definition) is 1. The van der Waals surface area contributed by atoms with E-state index in [0.29, 0.717) is 11.6 Å². The van der Waals surface area contributed by atoms with Crippen molar-refractivity contribution in [1.29, 1.82) is 0 Å².